The van der Waals surface area contributed by atoms with E-state index in [-0.39, 0.29) is 30.3 Å². The van der Waals surface area contributed by atoms with Crippen LogP contribution >= 0.6 is 12.4 Å². The van der Waals surface area contributed by atoms with E-state index in [0.717, 1.165) is 32.5 Å². The van der Waals surface area contributed by atoms with Gasteiger partial charge in [-0.05, 0) is 49.7 Å². The maximum atomic E-state index is 13.3. The van der Waals surface area contributed by atoms with Gasteiger partial charge in [-0.1, -0.05) is 51.5 Å². The normalized spacial score (nSPS) is 21.6. The molecule has 1 aromatic rings. The maximum absolute atomic E-state index is 13.3. The van der Waals surface area contributed by atoms with Crippen molar-refractivity contribution in [2.45, 2.75) is 77.9 Å². The summed E-state index contributed by atoms with van der Waals surface area (Å²) >= 11 is 0. The van der Waals surface area contributed by atoms with E-state index in [2.05, 4.69) is 62.2 Å². The highest BCUT2D eigenvalue weighted by Crippen LogP contribution is 2.34. The van der Waals surface area contributed by atoms with Gasteiger partial charge in [0.25, 0.3) is 0 Å². The molecule has 1 atom stereocenters. The maximum Gasteiger partial charge on any atom is 0.246 e. The number of carbonyl (C=O) groups excluding carboxylic acids is 2. The van der Waals surface area contributed by atoms with Gasteiger partial charge in [-0.25, -0.2) is 0 Å². The molecule has 1 aromatic carbocycles. The smallest absolute Gasteiger partial charge is 0.246 e. The van der Waals surface area contributed by atoms with Crippen molar-refractivity contribution in [2.75, 3.05) is 19.6 Å². The molecular weight excluding hydrogens is 398 g/mol. The first kappa shape index (κ1) is 24.7. The van der Waals surface area contributed by atoms with Crippen molar-refractivity contribution in [2.24, 2.45) is 5.92 Å². The standard InChI is InChI=1S/C24H37N3O2.ClH/c1-5-6-13-27-22(28)21(16-18(2)3)25-23(29)24(27)11-14-26(15-12-24)17-20-10-8-7-9-19(20)4;/h7-10,18,21H,5-6,11-17H2,1-4H3,(H,25,29);1H/t21-;/m0./s1. The molecule has 2 aliphatic rings. The van der Waals surface area contributed by atoms with E-state index in [1.165, 1.54) is 11.1 Å². The minimum absolute atomic E-state index is 0. The number of aryl methyl sites for hydroxylation is 1. The summed E-state index contributed by atoms with van der Waals surface area (Å²) in [7, 11) is 0. The largest absolute Gasteiger partial charge is 0.342 e. The van der Waals surface area contributed by atoms with Gasteiger partial charge in [0.2, 0.25) is 11.8 Å². The third-order valence-electron chi connectivity index (χ3n) is 6.59. The molecule has 6 heteroatoms. The summed E-state index contributed by atoms with van der Waals surface area (Å²) in [6.45, 7) is 11.8. The highest BCUT2D eigenvalue weighted by Gasteiger charge is 2.53. The molecule has 0 unspecified atom stereocenters. The van der Waals surface area contributed by atoms with Crippen LogP contribution in [0.4, 0.5) is 0 Å². The van der Waals surface area contributed by atoms with Crippen LogP contribution < -0.4 is 5.32 Å². The molecule has 0 saturated carbocycles. The van der Waals surface area contributed by atoms with Crippen LogP contribution in [0.1, 0.15) is 64.0 Å². The number of rotatable bonds is 7. The zero-order chi connectivity index (χ0) is 21.0. The second-order valence-corrected chi connectivity index (χ2v) is 9.23. The second-order valence-electron chi connectivity index (χ2n) is 9.23. The molecule has 2 heterocycles. The zero-order valence-corrected chi connectivity index (χ0v) is 19.8. The van der Waals surface area contributed by atoms with Gasteiger partial charge in [-0.15, -0.1) is 12.4 Å². The summed E-state index contributed by atoms with van der Waals surface area (Å²) in [6, 6.07) is 8.12. The summed E-state index contributed by atoms with van der Waals surface area (Å²) in [5, 5.41) is 3.09. The Morgan fingerprint density at radius 3 is 2.43 bits per heavy atom. The molecule has 1 N–H and O–H groups in total. The molecule has 0 aliphatic carbocycles. The monoisotopic (exact) mass is 435 g/mol. The van der Waals surface area contributed by atoms with Gasteiger partial charge in [0.15, 0.2) is 0 Å². The number of likely N-dealkylation sites (tertiary alicyclic amines) is 1. The van der Waals surface area contributed by atoms with Crippen molar-refractivity contribution < 1.29 is 9.59 Å². The Balaban J connectivity index is 0.00000320. The molecule has 168 valence electrons. The number of amides is 2. The number of hydrogen-bond acceptors (Lipinski definition) is 3. The molecule has 0 aromatic heterocycles. The average molecular weight is 436 g/mol. The Bertz CT molecular complexity index is 729. The molecule has 0 bridgehead atoms. The first-order chi connectivity index (χ1) is 13.9. The minimum Gasteiger partial charge on any atom is -0.342 e. The third kappa shape index (κ3) is 5.17. The third-order valence-corrected chi connectivity index (χ3v) is 6.59. The van der Waals surface area contributed by atoms with E-state index in [1.807, 2.05) is 4.90 Å². The highest BCUT2D eigenvalue weighted by molar-refractivity contribution is 6.00. The fourth-order valence-corrected chi connectivity index (χ4v) is 4.75. The Morgan fingerprint density at radius 1 is 1.17 bits per heavy atom. The van der Waals surface area contributed by atoms with E-state index in [4.69, 9.17) is 0 Å². The van der Waals surface area contributed by atoms with Crippen molar-refractivity contribution in [3.63, 3.8) is 0 Å². The lowest BCUT2D eigenvalue weighted by atomic mass is 9.80. The molecule has 3 rings (SSSR count). The number of unbranched alkanes of at least 4 members (excludes halogenated alkanes) is 1. The zero-order valence-electron chi connectivity index (χ0n) is 18.9. The predicted molar refractivity (Wildman–Crippen MR) is 124 cm³/mol. The molecule has 0 radical (unpaired) electrons. The first-order valence-corrected chi connectivity index (χ1v) is 11.3. The van der Waals surface area contributed by atoms with E-state index < -0.39 is 5.54 Å². The van der Waals surface area contributed by atoms with E-state index in [9.17, 15) is 9.59 Å². The molecule has 2 fully saturated rings. The van der Waals surface area contributed by atoms with Gasteiger partial charge in [-0.2, -0.15) is 0 Å². The van der Waals surface area contributed by atoms with Crippen LogP contribution in [0, 0.1) is 12.8 Å². The van der Waals surface area contributed by atoms with Crippen molar-refractivity contribution in [3.05, 3.63) is 35.4 Å². The van der Waals surface area contributed by atoms with Crippen LogP contribution in [0.15, 0.2) is 24.3 Å². The lowest BCUT2D eigenvalue weighted by Crippen LogP contribution is -2.73. The molecule has 2 aliphatic heterocycles. The number of nitrogens with zero attached hydrogens (tertiary/aromatic N) is 2. The van der Waals surface area contributed by atoms with Crippen LogP contribution in [0.25, 0.3) is 0 Å². The SMILES string of the molecule is CCCCN1C(=O)[C@H](CC(C)C)NC(=O)C12CCN(Cc1ccccc1C)CC2.Cl. The van der Waals surface area contributed by atoms with Crippen LogP contribution in [0.3, 0.4) is 0 Å². The van der Waals surface area contributed by atoms with Crippen molar-refractivity contribution in [1.29, 1.82) is 0 Å². The number of halogens is 1. The van der Waals surface area contributed by atoms with Gasteiger partial charge in [0, 0.05) is 26.2 Å². The van der Waals surface area contributed by atoms with E-state index in [1.54, 1.807) is 0 Å². The summed E-state index contributed by atoms with van der Waals surface area (Å²) < 4.78 is 0. The highest BCUT2D eigenvalue weighted by atomic mass is 35.5. The number of piperidine rings is 1. The average Bonchev–Trinajstić information content (AvgIpc) is 2.69. The van der Waals surface area contributed by atoms with Crippen molar-refractivity contribution in [3.8, 4) is 0 Å². The van der Waals surface area contributed by atoms with E-state index in [0.29, 0.717) is 31.7 Å². The van der Waals surface area contributed by atoms with Crippen molar-refractivity contribution >= 4 is 24.2 Å². The second kappa shape index (κ2) is 10.6. The van der Waals surface area contributed by atoms with Gasteiger partial charge >= 0.3 is 0 Å². The van der Waals surface area contributed by atoms with Crippen LogP contribution in [0.5, 0.6) is 0 Å². The number of piperazine rings is 1. The molecule has 5 nitrogen and oxygen atoms in total. The number of carbonyl (C=O) groups is 2. The summed E-state index contributed by atoms with van der Waals surface area (Å²) in [5.74, 6) is 0.566. The first-order valence-electron chi connectivity index (χ1n) is 11.3. The topological polar surface area (TPSA) is 52.7 Å². The summed E-state index contributed by atoms with van der Waals surface area (Å²) in [4.78, 5) is 31.0. The number of hydrogen-bond donors (Lipinski definition) is 1. The van der Waals surface area contributed by atoms with Gasteiger partial charge in [0.05, 0.1) is 0 Å². The quantitative estimate of drug-likeness (QED) is 0.706. The Kier molecular flexibility index (Phi) is 8.74. The van der Waals surface area contributed by atoms with Gasteiger partial charge in [-0.3, -0.25) is 14.5 Å². The minimum atomic E-state index is -0.665. The molecule has 2 saturated heterocycles. The predicted octanol–water partition coefficient (Wildman–Crippen LogP) is 3.92. The Morgan fingerprint density at radius 2 is 1.83 bits per heavy atom. The van der Waals surface area contributed by atoms with Gasteiger partial charge in [0.1, 0.15) is 11.6 Å². The molecule has 30 heavy (non-hydrogen) atoms. The molecule has 1 spiro atoms. The number of benzene rings is 1. The van der Waals surface area contributed by atoms with Gasteiger partial charge < -0.3 is 10.2 Å². The van der Waals surface area contributed by atoms with Crippen molar-refractivity contribution in [1.82, 2.24) is 15.1 Å². The summed E-state index contributed by atoms with van der Waals surface area (Å²) in [5.41, 5.74) is 1.98. The lowest BCUT2D eigenvalue weighted by molar-refractivity contribution is -0.161. The Labute approximate surface area is 188 Å². The summed E-state index contributed by atoms with van der Waals surface area (Å²) in [6.07, 6.45) is 4.11. The molecule has 2 amide bonds. The Hall–Kier alpha value is -1.59. The number of nitrogens with one attached hydrogen (secondary N) is 1. The fraction of sp³-hybridized carbons (Fsp3) is 0.667. The van der Waals surface area contributed by atoms with Crippen LogP contribution in [-0.4, -0.2) is 52.8 Å². The van der Waals surface area contributed by atoms with Crippen LogP contribution in [0.2, 0.25) is 0 Å². The fourth-order valence-electron chi connectivity index (χ4n) is 4.75. The molecular formula is C24H38ClN3O2. The van der Waals surface area contributed by atoms with Crippen LogP contribution in [-0.2, 0) is 16.1 Å². The lowest BCUT2D eigenvalue weighted by Gasteiger charge is -2.52. The van der Waals surface area contributed by atoms with E-state index >= 15 is 0 Å².